The lowest BCUT2D eigenvalue weighted by Crippen LogP contribution is -2.39. The lowest BCUT2D eigenvalue weighted by atomic mass is 9.78. The molecule has 3 aliphatic rings. The highest BCUT2D eigenvalue weighted by atomic mass is 35.5. The largest absolute Gasteiger partial charge is 0.473 e. The van der Waals surface area contributed by atoms with E-state index in [1.807, 2.05) is 12.1 Å². The first-order valence-corrected chi connectivity index (χ1v) is 11.2. The molecule has 2 saturated carbocycles. The van der Waals surface area contributed by atoms with E-state index in [1.54, 1.807) is 23.2 Å². The molecular weight excluding hydrogens is 432 g/mol. The predicted molar refractivity (Wildman–Crippen MR) is 121 cm³/mol. The predicted octanol–water partition coefficient (Wildman–Crippen LogP) is 4.01. The lowest BCUT2D eigenvalue weighted by molar-refractivity contribution is 0.0148. The number of carbonyl (C=O) groups is 1. The molecular formula is C22H29ClN6O3. The fourth-order valence-corrected chi connectivity index (χ4v) is 4.81. The van der Waals surface area contributed by atoms with Crippen LogP contribution in [0.4, 0.5) is 16.4 Å². The number of rotatable bonds is 6. The number of nitrogens with zero attached hydrogens (tertiary/aromatic N) is 5. The molecule has 0 bridgehead atoms. The van der Waals surface area contributed by atoms with E-state index in [4.69, 9.17) is 9.47 Å². The Balaban J connectivity index is 0.00000245. The normalized spacial score (nSPS) is 25.4. The SMILES string of the molecule is Cl.O=C1O[C@]2(CC[C@H](CNc3ccc(OC4CCCC4)nn3)CC2)CN1c1cccnn1. The molecule has 2 aromatic rings. The van der Waals surface area contributed by atoms with E-state index in [9.17, 15) is 4.79 Å². The minimum Gasteiger partial charge on any atom is -0.473 e. The maximum absolute atomic E-state index is 12.4. The summed E-state index contributed by atoms with van der Waals surface area (Å²) in [6.45, 7) is 1.37. The molecule has 0 unspecified atom stereocenters. The molecule has 10 heteroatoms. The Bertz CT molecular complexity index is 886. The van der Waals surface area contributed by atoms with Crippen molar-refractivity contribution >= 4 is 30.1 Å². The van der Waals surface area contributed by atoms with E-state index in [1.165, 1.54) is 12.8 Å². The Morgan fingerprint density at radius 1 is 1.09 bits per heavy atom. The molecule has 32 heavy (non-hydrogen) atoms. The minimum atomic E-state index is -0.413. The van der Waals surface area contributed by atoms with Gasteiger partial charge < -0.3 is 14.8 Å². The molecule has 0 radical (unpaired) electrons. The lowest BCUT2D eigenvalue weighted by Gasteiger charge is -2.35. The van der Waals surface area contributed by atoms with Crippen LogP contribution in [0.15, 0.2) is 30.5 Å². The van der Waals surface area contributed by atoms with Gasteiger partial charge in [-0.05, 0) is 75.5 Å². The summed E-state index contributed by atoms with van der Waals surface area (Å²) in [6, 6.07) is 7.38. The molecule has 1 saturated heterocycles. The number of ether oxygens (including phenoxy) is 2. The van der Waals surface area contributed by atoms with Crippen LogP contribution in [-0.4, -0.2) is 51.3 Å². The third kappa shape index (κ3) is 5.03. The number of hydrogen-bond donors (Lipinski definition) is 1. The maximum Gasteiger partial charge on any atom is 0.416 e. The highest BCUT2D eigenvalue weighted by Crippen LogP contribution is 2.40. The standard InChI is InChI=1S/C22H28N6O3.ClH/c29-21-28(19-6-3-13-24-26-19)15-22(31-21)11-9-16(10-12-22)14-23-18-7-8-20(27-25-18)30-17-4-1-2-5-17;/h3,6-8,13,16-17H,1-2,4-5,9-12,14-15H2,(H,23,25);1H/t16-,22-;. The van der Waals surface area contributed by atoms with Crippen molar-refractivity contribution in [1.82, 2.24) is 20.4 Å². The van der Waals surface area contributed by atoms with E-state index in [0.29, 0.717) is 24.2 Å². The van der Waals surface area contributed by atoms with E-state index >= 15 is 0 Å². The van der Waals surface area contributed by atoms with Crippen molar-refractivity contribution in [3.8, 4) is 5.88 Å². The first kappa shape index (κ1) is 22.5. The Morgan fingerprint density at radius 3 is 2.59 bits per heavy atom. The highest BCUT2D eigenvalue weighted by Gasteiger charge is 2.48. The fraction of sp³-hybridized carbons (Fsp3) is 0.591. The first-order valence-electron chi connectivity index (χ1n) is 11.2. The van der Waals surface area contributed by atoms with Gasteiger partial charge in [0.1, 0.15) is 17.5 Å². The smallest absolute Gasteiger partial charge is 0.416 e. The average Bonchev–Trinajstić information content (AvgIpc) is 3.43. The number of nitrogens with one attached hydrogen (secondary N) is 1. The van der Waals surface area contributed by atoms with Crippen molar-refractivity contribution < 1.29 is 14.3 Å². The molecule has 1 aliphatic heterocycles. The molecule has 0 atom stereocenters. The molecule has 3 heterocycles. The number of anilines is 2. The van der Waals surface area contributed by atoms with Crippen molar-refractivity contribution in [2.75, 3.05) is 23.3 Å². The molecule has 1 amide bonds. The number of carbonyl (C=O) groups excluding carboxylic acids is 1. The van der Waals surface area contributed by atoms with Crippen LogP contribution in [0, 0.1) is 5.92 Å². The monoisotopic (exact) mass is 460 g/mol. The molecule has 3 fully saturated rings. The molecule has 5 rings (SSSR count). The van der Waals surface area contributed by atoms with E-state index in [-0.39, 0.29) is 24.6 Å². The molecule has 2 aromatic heterocycles. The summed E-state index contributed by atoms with van der Waals surface area (Å²) in [5, 5.41) is 19.8. The minimum absolute atomic E-state index is 0. The molecule has 1 spiro atoms. The second-order valence-corrected chi connectivity index (χ2v) is 8.82. The average molecular weight is 461 g/mol. The summed E-state index contributed by atoms with van der Waals surface area (Å²) in [5.74, 6) is 2.42. The van der Waals surface area contributed by atoms with Crippen LogP contribution in [0.2, 0.25) is 0 Å². The van der Waals surface area contributed by atoms with E-state index < -0.39 is 5.60 Å². The zero-order chi connectivity index (χ0) is 21.1. The van der Waals surface area contributed by atoms with Gasteiger partial charge in [0, 0.05) is 18.8 Å². The topological polar surface area (TPSA) is 102 Å². The van der Waals surface area contributed by atoms with Gasteiger partial charge in [0.05, 0.1) is 6.54 Å². The molecule has 2 aliphatic carbocycles. The van der Waals surface area contributed by atoms with Gasteiger partial charge in [-0.1, -0.05) is 0 Å². The summed E-state index contributed by atoms with van der Waals surface area (Å²) in [7, 11) is 0. The molecule has 0 aromatic carbocycles. The molecule has 172 valence electrons. The Kier molecular flexibility index (Phi) is 6.93. The van der Waals surface area contributed by atoms with Crippen LogP contribution in [0.1, 0.15) is 51.4 Å². The van der Waals surface area contributed by atoms with Crippen LogP contribution in [0.5, 0.6) is 5.88 Å². The Morgan fingerprint density at radius 2 is 1.91 bits per heavy atom. The summed E-state index contributed by atoms with van der Waals surface area (Å²) >= 11 is 0. The van der Waals surface area contributed by atoms with Gasteiger partial charge in [0.25, 0.3) is 0 Å². The van der Waals surface area contributed by atoms with Gasteiger partial charge >= 0.3 is 6.09 Å². The summed E-state index contributed by atoms with van der Waals surface area (Å²) < 4.78 is 11.7. The zero-order valence-electron chi connectivity index (χ0n) is 18.0. The highest BCUT2D eigenvalue weighted by molar-refractivity contribution is 5.89. The quantitative estimate of drug-likeness (QED) is 0.689. The second kappa shape index (κ2) is 9.85. The van der Waals surface area contributed by atoms with Crippen LogP contribution >= 0.6 is 12.4 Å². The van der Waals surface area contributed by atoms with Gasteiger partial charge in [-0.25, -0.2) is 4.79 Å². The van der Waals surface area contributed by atoms with Crippen molar-refractivity contribution in [2.45, 2.75) is 63.1 Å². The van der Waals surface area contributed by atoms with Gasteiger partial charge in [0.2, 0.25) is 5.88 Å². The van der Waals surface area contributed by atoms with Crippen LogP contribution in [-0.2, 0) is 4.74 Å². The summed E-state index contributed by atoms with van der Waals surface area (Å²) in [6.07, 6.45) is 9.92. The molecule has 1 N–H and O–H groups in total. The number of halogens is 1. The third-order valence-corrected chi connectivity index (χ3v) is 6.62. The van der Waals surface area contributed by atoms with Crippen molar-refractivity contribution in [3.05, 3.63) is 30.5 Å². The van der Waals surface area contributed by atoms with Gasteiger partial charge in [0.15, 0.2) is 5.82 Å². The third-order valence-electron chi connectivity index (χ3n) is 6.62. The fourth-order valence-electron chi connectivity index (χ4n) is 4.81. The van der Waals surface area contributed by atoms with Gasteiger partial charge in [-0.15, -0.1) is 27.7 Å². The van der Waals surface area contributed by atoms with Crippen molar-refractivity contribution in [1.29, 1.82) is 0 Å². The van der Waals surface area contributed by atoms with Crippen molar-refractivity contribution in [2.24, 2.45) is 5.92 Å². The van der Waals surface area contributed by atoms with E-state index in [0.717, 1.165) is 50.9 Å². The summed E-state index contributed by atoms with van der Waals surface area (Å²) in [5.41, 5.74) is -0.413. The number of aromatic nitrogens is 4. The number of hydrogen-bond acceptors (Lipinski definition) is 8. The van der Waals surface area contributed by atoms with Gasteiger partial charge in [-0.3, -0.25) is 4.90 Å². The maximum atomic E-state index is 12.4. The van der Waals surface area contributed by atoms with Crippen LogP contribution < -0.4 is 15.0 Å². The van der Waals surface area contributed by atoms with E-state index in [2.05, 4.69) is 25.7 Å². The number of amides is 1. The zero-order valence-corrected chi connectivity index (χ0v) is 18.8. The van der Waals surface area contributed by atoms with Gasteiger partial charge in [-0.2, -0.15) is 5.10 Å². The Hall–Kier alpha value is -2.68. The van der Waals surface area contributed by atoms with Crippen LogP contribution in [0.3, 0.4) is 0 Å². The first-order chi connectivity index (χ1) is 15.2. The second-order valence-electron chi connectivity index (χ2n) is 8.82. The van der Waals surface area contributed by atoms with Crippen molar-refractivity contribution in [3.63, 3.8) is 0 Å². The molecule has 9 nitrogen and oxygen atoms in total. The van der Waals surface area contributed by atoms with Crippen LogP contribution in [0.25, 0.3) is 0 Å². The summed E-state index contributed by atoms with van der Waals surface area (Å²) in [4.78, 5) is 14.0. The Labute approximate surface area is 193 Å².